The first-order valence-electron chi connectivity index (χ1n) is 8.88. The Morgan fingerprint density at radius 3 is 3.00 bits per heavy atom. The molecule has 1 saturated heterocycles. The number of nitrogens with two attached hydrogens (primary N) is 2. The van der Waals surface area contributed by atoms with E-state index in [9.17, 15) is 4.79 Å². The van der Waals surface area contributed by atoms with Gasteiger partial charge in [0.05, 0.1) is 18.5 Å². The maximum atomic E-state index is 11.9. The summed E-state index contributed by atoms with van der Waals surface area (Å²) in [6.45, 7) is 3.18. The Kier molecular flexibility index (Phi) is 4.51. The van der Waals surface area contributed by atoms with Crippen LogP contribution >= 0.6 is 0 Å². The smallest absolute Gasteiger partial charge is 0.269 e. The molecule has 0 saturated carbocycles. The molecule has 0 bridgehead atoms. The Morgan fingerprint density at radius 1 is 1.41 bits per heavy atom. The lowest BCUT2D eigenvalue weighted by molar-refractivity contribution is 0.0752. The largest absolute Gasteiger partial charge is 0.380 e. The van der Waals surface area contributed by atoms with E-state index in [1.807, 2.05) is 31.2 Å². The molecule has 8 nitrogen and oxygen atoms in total. The molecule has 1 fully saturated rings. The maximum Gasteiger partial charge on any atom is 0.269 e. The number of hydrogen-bond donors (Lipinski definition) is 4. The van der Waals surface area contributed by atoms with Gasteiger partial charge in [0.25, 0.3) is 5.91 Å². The van der Waals surface area contributed by atoms with Crippen molar-refractivity contribution in [2.24, 2.45) is 11.5 Å². The van der Waals surface area contributed by atoms with Crippen molar-refractivity contribution in [2.75, 3.05) is 18.5 Å². The Morgan fingerprint density at radius 2 is 2.26 bits per heavy atom. The van der Waals surface area contributed by atoms with Gasteiger partial charge in [-0.1, -0.05) is 12.1 Å². The van der Waals surface area contributed by atoms with Crippen molar-refractivity contribution in [3.63, 3.8) is 0 Å². The summed E-state index contributed by atoms with van der Waals surface area (Å²) in [7, 11) is 0. The van der Waals surface area contributed by atoms with Crippen LogP contribution in [0.3, 0.4) is 0 Å². The van der Waals surface area contributed by atoms with Crippen LogP contribution in [0.25, 0.3) is 22.3 Å². The molecule has 1 aliphatic heterocycles. The van der Waals surface area contributed by atoms with Crippen molar-refractivity contribution < 1.29 is 9.53 Å². The molecule has 0 spiro atoms. The van der Waals surface area contributed by atoms with Crippen LogP contribution in [0.1, 0.15) is 22.5 Å². The molecule has 2 atom stereocenters. The van der Waals surface area contributed by atoms with E-state index < -0.39 is 5.91 Å². The highest BCUT2D eigenvalue weighted by Crippen LogP contribution is 2.27. The molecule has 6 N–H and O–H groups in total. The average Bonchev–Trinajstić information content (AvgIpc) is 3.09. The summed E-state index contributed by atoms with van der Waals surface area (Å²) in [5.41, 5.74) is 15.0. The fourth-order valence-corrected chi connectivity index (χ4v) is 3.39. The summed E-state index contributed by atoms with van der Waals surface area (Å²) in [4.78, 5) is 24.0. The Balaban J connectivity index is 1.75. The number of carbonyl (C=O) groups is 1. The number of nitrogens with zero attached hydrogens (tertiary/aromatic N) is 2. The topological polar surface area (TPSA) is 132 Å². The molecular formula is C19H22N6O2. The van der Waals surface area contributed by atoms with Gasteiger partial charge in [0.2, 0.25) is 0 Å². The number of primary amides is 1. The van der Waals surface area contributed by atoms with E-state index in [2.05, 4.69) is 20.3 Å². The summed E-state index contributed by atoms with van der Waals surface area (Å²) in [5.74, 6) is -0.0741. The first-order valence-corrected chi connectivity index (χ1v) is 8.88. The minimum Gasteiger partial charge on any atom is -0.380 e. The van der Waals surface area contributed by atoms with E-state index in [1.165, 1.54) is 6.20 Å². The highest BCUT2D eigenvalue weighted by atomic mass is 16.5. The van der Waals surface area contributed by atoms with Crippen LogP contribution in [0.5, 0.6) is 0 Å². The molecule has 1 amide bonds. The van der Waals surface area contributed by atoms with Crippen molar-refractivity contribution in [3.8, 4) is 11.4 Å². The van der Waals surface area contributed by atoms with Crippen LogP contribution < -0.4 is 16.8 Å². The highest BCUT2D eigenvalue weighted by molar-refractivity contribution is 5.98. The molecule has 1 aliphatic rings. The molecule has 3 heterocycles. The lowest BCUT2D eigenvalue weighted by atomic mass is 10.0. The van der Waals surface area contributed by atoms with E-state index in [4.69, 9.17) is 16.2 Å². The van der Waals surface area contributed by atoms with Crippen molar-refractivity contribution in [1.29, 1.82) is 0 Å². The number of H-pyrrole nitrogens is 1. The predicted molar refractivity (Wildman–Crippen MR) is 103 cm³/mol. The number of anilines is 1. The number of hydrogen-bond acceptors (Lipinski definition) is 6. The number of fused-ring (bicyclic) bond motifs is 1. The van der Waals surface area contributed by atoms with Crippen LogP contribution in [-0.4, -0.2) is 46.2 Å². The summed E-state index contributed by atoms with van der Waals surface area (Å²) in [6.07, 6.45) is 2.29. The lowest BCUT2D eigenvalue weighted by Crippen LogP contribution is -2.47. The van der Waals surface area contributed by atoms with Gasteiger partial charge in [-0.2, -0.15) is 0 Å². The number of benzene rings is 1. The van der Waals surface area contributed by atoms with Gasteiger partial charge in [-0.3, -0.25) is 4.79 Å². The average molecular weight is 366 g/mol. The predicted octanol–water partition coefficient (Wildman–Crippen LogP) is 1.56. The molecular weight excluding hydrogens is 344 g/mol. The van der Waals surface area contributed by atoms with E-state index in [-0.39, 0.29) is 17.8 Å². The minimum absolute atomic E-state index is 0.0327. The molecule has 140 valence electrons. The summed E-state index contributed by atoms with van der Waals surface area (Å²) in [5, 5.41) is 4.37. The zero-order valence-electron chi connectivity index (χ0n) is 15.0. The molecule has 0 radical (unpaired) electrons. The quantitative estimate of drug-likeness (QED) is 0.554. The monoisotopic (exact) mass is 366 g/mol. The Hall–Kier alpha value is -2.97. The first kappa shape index (κ1) is 17.4. The first-order chi connectivity index (χ1) is 13.0. The number of nitrogens with one attached hydrogen (secondary N) is 2. The van der Waals surface area contributed by atoms with Crippen molar-refractivity contribution in [1.82, 2.24) is 15.0 Å². The van der Waals surface area contributed by atoms with Gasteiger partial charge in [0.15, 0.2) is 5.69 Å². The minimum atomic E-state index is -0.623. The highest BCUT2D eigenvalue weighted by Gasteiger charge is 2.24. The van der Waals surface area contributed by atoms with Crippen LogP contribution in [0.4, 0.5) is 5.82 Å². The third-order valence-corrected chi connectivity index (χ3v) is 4.88. The SMILES string of the molecule is Cc1cccc2[nH]c(-c3nc(N[C@@H]4CCOC[C@@H]4N)cnc3C(N)=O)cc12. The van der Waals surface area contributed by atoms with Gasteiger partial charge < -0.3 is 26.5 Å². The number of rotatable bonds is 4. The van der Waals surface area contributed by atoms with Crippen LogP contribution in [-0.2, 0) is 4.74 Å². The normalized spacial score (nSPS) is 19.9. The van der Waals surface area contributed by atoms with Crippen LogP contribution in [0.15, 0.2) is 30.5 Å². The lowest BCUT2D eigenvalue weighted by Gasteiger charge is -2.29. The van der Waals surface area contributed by atoms with Gasteiger partial charge in [-0.25, -0.2) is 9.97 Å². The van der Waals surface area contributed by atoms with Crippen molar-refractivity contribution in [3.05, 3.63) is 41.7 Å². The second-order valence-electron chi connectivity index (χ2n) is 6.81. The zero-order chi connectivity index (χ0) is 19.0. The zero-order valence-corrected chi connectivity index (χ0v) is 15.0. The van der Waals surface area contributed by atoms with Crippen molar-refractivity contribution >= 4 is 22.6 Å². The number of aromatic nitrogens is 3. The number of amides is 1. The molecule has 27 heavy (non-hydrogen) atoms. The summed E-state index contributed by atoms with van der Waals surface area (Å²) < 4.78 is 5.37. The van der Waals surface area contributed by atoms with Crippen LogP contribution in [0, 0.1) is 6.92 Å². The van der Waals surface area contributed by atoms with Gasteiger partial charge in [0, 0.05) is 29.6 Å². The molecule has 0 aliphatic carbocycles. The van der Waals surface area contributed by atoms with E-state index in [0.29, 0.717) is 30.4 Å². The number of carbonyl (C=O) groups excluding carboxylic acids is 1. The number of aryl methyl sites for hydroxylation is 1. The van der Waals surface area contributed by atoms with Gasteiger partial charge in [0.1, 0.15) is 11.5 Å². The summed E-state index contributed by atoms with van der Waals surface area (Å²) in [6, 6.07) is 7.85. The van der Waals surface area contributed by atoms with E-state index >= 15 is 0 Å². The Labute approximate surface area is 156 Å². The van der Waals surface area contributed by atoms with Crippen LogP contribution in [0.2, 0.25) is 0 Å². The second kappa shape index (κ2) is 6.98. The van der Waals surface area contributed by atoms with Gasteiger partial charge in [-0.15, -0.1) is 0 Å². The number of ether oxygens (including phenoxy) is 1. The van der Waals surface area contributed by atoms with Gasteiger partial charge in [-0.05, 0) is 31.0 Å². The molecule has 8 heteroatoms. The maximum absolute atomic E-state index is 11.9. The fraction of sp³-hybridized carbons (Fsp3) is 0.316. The van der Waals surface area contributed by atoms with Gasteiger partial charge >= 0.3 is 0 Å². The standard InChI is InChI=1S/C19H22N6O2/c1-10-3-2-4-13-11(10)7-15(23-13)17-18(19(21)26)22-8-16(25-17)24-14-5-6-27-9-12(14)20/h2-4,7-8,12,14,23H,5-6,9,20H2,1H3,(H2,21,26)(H,24,25)/t12-,14+/m0/s1. The molecule has 4 rings (SSSR count). The van der Waals surface area contributed by atoms with E-state index in [1.54, 1.807) is 0 Å². The third-order valence-electron chi connectivity index (χ3n) is 4.88. The fourth-order valence-electron chi connectivity index (χ4n) is 3.39. The molecule has 0 unspecified atom stereocenters. The molecule has 2 aromatic heterocycles. The van der Waals surface area contributed by atoms with E-state index in [0.717, 1.165) is 22.9 Å². The number of aromatic amines is 1. The molecule has 3 aromatic rings. The van der Waals surface area contributed by atoms with Crippen molar-refractivity contribution in [2.45, 2.75) is 25.4 Å². The Bertz CT molecular complexity index is 999. The summed E-state index contributed by atoms with van der Waals surface area (Å²) >= 11 is 0. The molecule has 1 aromatic carbocycles. The third kappa shape index (κ3) is 3.36. The second-order valence-corrected chi connectivity index (χ2v) is 6.81.